The molecule has 0 aliphatic carbocycles. The van der Waals surface area contributed by atoms with Crippen LogP contribution in [0.25, 0.3) is 11.0 Å². The highest BCUT2D eigenvalue weighted by Crippen LogP contribution is 2.37. The summed E-state index contributed by atoms with van der Waals surface area (Å²) in [5.41, 5.74) is 2.52. The van der Waals surface area contributed by atoms with Gasteiger partial charge in [0, 0.05) is 32.0 Å². The Labute approximate surface area is 182 Å². The number of likely N-dealkylation sites (N-methyl/N-ethyl adjacent to an activating group) is 1. The molecule has 1 saturated heterocycles. The van der Waals surface area contributed by atoms with Gasteiger partial charge in [0.15, 0.2) is 0 Å². The first-order chi connectivity index (χ1) is 15.1. The lowest BCUT2D eigenvalue weighted by Crippen LogP contribution is -2.34. The van der Waals surface area contributed by atoms with Gasteiger partial charge in [-0.1, -0.05) is 24.3 Å². The molecule has 2 aromatic carbocycles. The van der Waals surface area contributed by atoms with E-state index in [0.717, 1.165) is 22.5 Å². The van der Waals surface area contributed by atoms with Gasteiger partial charge in [0.2, 0.25) is 11.8 Å². The second-order valence-electron chi connectivity index (χ2n) is 7.69. The molecule has 0 saturated carbocycles. The summed E-state index contributed by atoms with van der Waals surface area (Å²) >= 11 is 0. The SMILES string of the molecule is CCN(CC)C(=O)Cn1c([C@@H]2CC(=O)N(c3ccccc3OC)C2)nc2ccccc21. The fraction of sp³-hybridized carbons (Fsp3) is 0.375. The number of para-hydroxylation sites is 4. The number of anilines is 1. The van der Waals surface area contributed by atoms with Crippen LogP contribution in [-0.4, -0.2) is 53.0 Å². The van der Waals surface area contributed by atoms with E-state index in [4.69, 9.17) is 9.72 Å². The fourth-order valence-electron chi connectivity index (χ4n) is 4.35. The first-order valence-corrected chi connectivity index (χ1v) is 10.7. The van der Waals surface area contributed by atoms with Crippen LogP contribution in [0.4, 0.5) is 5.69 Å². The van der Waals surface area contributed by atoms with Gasteiger partial charge in [0.1, 0.15) is 18.1 Å². The molecule has 1 aliphatic rings. The third-order valence-electron chi connectivity index (χ3n) is 5.96. The van der Waals surface area contributed by atoms with E-state index in [9.17, 15) is 9.59 Å². The zero-order valence-electron chi connectivity index (χ0n) is 18.2. The number of imidazole rings is 1. The molecule has 31 heavy (non-hydrogen) atoms. The van der Waals surface area contributed by atoms with Crippen molar-refractivity contribution in [2.45, 2.75) is 32.7 Å². The number of methoxy groups -OCH3 is 1. The van der Waals surface area contributed by atoms with Crippen molar-refractivity contribution < 1.29 is 14.3 Å². The van der Waals surface area contributed by atoms with Crippen LogP contribution in [-0.2, 0) is 16.1 Å². The minimum atomic E-state index is -0.102. The van der Waals surface area contributed by atoms with Crippen molar-refractivity contribution in [3.05, 3.63) is 54.4 Å². The minimum absolute atomic E-state index is 0.0307. The Hall–Kier alpha value is -3.35. The molecule has 1 aromatic heterocycles. The predicted octanol–water partition coefficient (Wildman–Crippen LogP) is 3.43. The number of ether oxygens (including phenoxy) is 1. The van der Waals surface area contributed by atoms with Crippen molar-refractivity contribution in [3.8, 4) is 5.75 Å². The molecule has 0 radical (unpaired) electrons. The Bertz CT molecular complexity index is 1100. The molecule has 7 nitrogen and oxygen atoms in total. The molecule has 2 amide bonds. The van der Waals surface area contributed by atoms with Crippen molar-refractivity contribution in [2.75, 3.05) is 31.6 Å². The summed E-state index contributed by atoms with van der Waals surface area (Å²) in [6.45, 7) is 6.02. The number of nitrogens with zero attached hydrogens (tertiary/aromatic N) is 4. The van der Waals surface area contributed by atoms with Crippen LogP contribution in [0.2, 0.25) is 0 Å². The van der Waals surface area contributed by atoms with Crippen LogP contribution in [0, 0.1) is 0 Å². The van der Waals surface area contributed by atoms with Gasteiger partial charge in [-0.15, -0.1) is 0 Å². The summed E-state index contributed by atoms with van der Waals surface area (Å²) in [7, 11) is 1.61. The fourth-order valence-corrected chi connectivity index (χ4v) is 4.35. The third kappa shape index (κ3) is 3.87. The van der Waals surface area contributed by atoms with E-state index < -0.39 is 0 Å². The number of fused-ring (bicyclic) bond motifs is 1. The molecular weight excluding hydrogens is 392 g/mol. The molecule has 0 bridgehead atoms. The van der Waals surface area contributed by atoms with E-state index in [0.29, 0.717) is 31.8 Å². The lowest BCUT2D eigenvalue weighted by molar-refractivity contribution is -0.131. The molecule has 1 atom stereocenters. The standard InChI is InChI=1S/C24H28N4O3/c1-4-26(5-2)23(30)16-28-19-11-7-6-10-18(19)25-24(28)17-14-22(29)27(15-17)20-12-8-9-13-21(20)31-3/h6-13,17H,4-5,14-16H2,1-3H3/t17-/m1/s1. The van der Waals surface area contributed by atoms with E-state index in [1.165, 1.54) is 0 Å². The molecular formula is C24H28N4O3. The lowest BCUT2D eigenvalue weighted by Gasteiger charge is -2.21. The molecule has 7 heteroatoms. The van der Waals surface area contributed by atoms with E-state index in [1.54, 1.807) is 12.0 Å². The van der Waals surface area contributed by atoms with Gasteiger partial charge in [0.05, 0.1) is 23.8 Å². The first kappa shape index (κ1) is 20.9. The quantitative estimate of drug-likeness (QED) is 0.587. The van der Waals surface area contributed by atoms with Crippen molar-refractivity contribution in [1.29, 1.82) is 0 Å². The van der Waals surface area contributed by atoms with Gasteiger partial charge < -0.3 is 19.1 Å². The molecule has 3 aromatic rings. The topological polar surface area (TPSA) is 67.7 Å². The Balaban J connectivity index is 1.70. The highest BCUT2D eigenvalue weighted by Gasteiger charge is 2.36. The number of carbonyl (C=O) groups excluding carboxylic acids is 2. The average molecular weight is 421 g/mol. The van der Waals surface area contributed by atoms with Gasteiger partial charge in [-0.25, -0.2) is 4.98 Å². The van der Waals surface area contributed by atoms with Gasteiger partial charge in [-0.2, -0.15) is 0 Å². The Morgan fingerprint density at radius 3 is 2.58 bits per heavy atom. The monoisotopic (exact) mass is 420 g/mol. The summed E-state index contributed by atoms with van der Waals surface area (Å²) in [5, 5.41) is 0. The third-order valence-corrected chi connectivity index (χ3v) is 5.96. The molecule has 0 unspecified atom stereocenters. The van der Waals surface area contributed by atoms with Crippen LogP contribution >= 0.6 is 0 Å². The zero-order valence-corrected chi connectivity index (χ0v) is 18.2. The molecule has 0 N–H and O–H groups in total. The molecule has 0 spiro atoms. The van der Waals surface area contributed by atoms with Crippen LogP contribution in [0.5, 0.6) is 5.75 Å². The molecule has 2 heterocycles. The Morgan fingerprint density at radius 2 is 1.84 bits per heavy atom. The summed E-state index contributed by atoms with van der Waals surface area (Å²) in [5.74, 6) is 1.44. The molecule has 162 valence electrons. The smallest absolute Gasteiger partial charge is 0.242 e. The van der Waals surface area contributed by atoms with Gasteiger partial charge in [-0.3, -0.25) is 9.59 Å². The van der Waals surface area contributed by atoms with Crippen molar-refractivity contribution in [1.82, 2.24) is 14.5 Å². The molecule has 1 aliphatic heterocycles. The van der Waals surface area contributed by atoms with E-state index in [-0.39, 0.29) is 24.3 Å². The highest BCUT2D eigenvalue weighted by molar-refractivity contribution is 5.98. The summed E-state index contributed by atoms with van der Waals surface area (Å²) in [6.07, 6.45) is 0.348. The number of amides is 2. The van der Waals surface area contributed by atoms with Gasteiger partial charge in [-0.05, 0) is 38.1 Å². The van der Waals surface area contributed by atoms with Crippen LogP contribution in [0.3, 0.4) is 0 Å². The Kier molecular flexibility index (Phi) is 5.93. The van der Waals surface area contributed by atoms with Crippen molar-refractivity contribution in [3.63, 3.8) is 0 Å². The van der Waals surface area contributed by atoms with E-state index >= 15 is 0 Å². The number of carbonyl (C=O) groups is 2. The number of hydrogen-bond acceptors (Lipinski definition) is 4. The minimum Gasteiger partial charge on any atom is -0.495 e. The molecule has 1 fully saturated rings. The van der Waals surface area contributed by atoms with Gasteiger partial charge in [0.25, 0.3) is 0 Å². The zero-order chi connectivity index (χ0) is 22.0. The predicted molar refractivity (Wildman–Crippen MR) is 120 cm³/mol. The maximum absolute atomic E-state index is 12.9. The van der Waals surface area contributed by atoms with Crippen molar-refractivity contribution in [2.24, 2.45) is 0 Å². The largest absolute Gasteiger partial charge is 0.495 e. The first-order valence-electron chi connectivity index (χ1n) is 10.7. The van der Waals surface area contributed by atoms with Crippen molar-refractivity contribution >= 4 is 28.5 Å². The normalized spacial score (nSPS) is 16.2. The lowest BCUT2D eigenvalue weighted by atomic mass is 10.1. The number of benzene rings is 2. The average Bonchev–Trinajstić information content (AvgIpc) is 3.35. The number of hydrogen-bond donors (Lipinski definition) is 0. The van der Waals surface area contributed by atoms with Crippen LogP contribution < -0.4 is 9.64 Å². The second-order valence-corrected chi connectivity index (χ2v) is 7.69. The maximum atomic E-state index is 12.9. The number of aromatic nitrogens is 2. The van der Waals surface area contributed by atoms with E-state index in [2.05, 4.69) is 0 Å². The number of rotatable bonds is 7. The summed E-state index contributed by atoms with van der Waals surface area (Å²) in [6, 6.07) is 15.4. The Morgan fingerprint density at radius 1 is 1.13 bits per heavy atom. The maximum Gasteiger partial charge on any atom is 0.242 e. The summed E-state index contributed by atoms with van der Waals surface area (Å²) in [4.78, 5) is 34.3. The molecule has 4 rings (SSSR count). The second kappa shape index (κ2) is 8.79. The van der Waals surface area contributed by atoms with Gasteiger partial charge >= 0.3 is 0 Å². The van der Waals surface area contributed by atoms with E-state index in [1.807, 2.05) is 71.8 Å². The van der Waals surface area contributed by atoms with Crippen LogP contribution in [0.15, 0.2) is 48.5 Å². The highest BCUT2D eigenvalue weighted by atomic mass is 16.5. The van der Waals surface area contributed by atoms with Crippen LogP contribution in [0.1, 0.15) is 32.0 Å². The summed E-state index contributed by atoms with van der Waals surface area (Å²) < 4.78 is 7.44.